The lowest BCUT2D eigenvalue weighted by Gasteiger charge is -2.39. The zero-order valence-electron chi connectivity index (χ0n) is 43.4. The molecule has 2 aliphatic rings. The third-order valence-electron chi connectivity index (χ3n) is 15.8. The fourth-order valence-electron chi connectivity index (χ4n) is 11.9. The van der Waals surface area contributed by atoms with Crippen LogP contribution < -0.4 is 4.74 Å². The van der Waals surface area contributed by atoms with Crippen LogP contribution in [0.15, 0.2) is 291 Å². The first kappa shape index (κ1) is 46.7. The van der Waals surface area contributed by atoms with Gasteiger partial charge in [-0.05, 0) is 86.0 Å². The van der Waals surface area contributed by atoms with Gasteiger partial charge in [-0.15, -0.1) is 0 Å². The summed E-state index contributed by atoms with van der Waals surface area (Å²) in [4.78, 5) is 21.2. The second-order valence-corrected chi connectivity index (χ2v) is 20.5. The Morgan fingerprint density at radius 1 is 0.212 bits per heavy atom. The molecule has 5 heteroatoms. The highest BCUT2D eigenvalue weighted by Crippen LogP contribution is 2.62. The molecule has 1 aliphatic carbocycles. The van der Waals surface area contributed by atoms with Crippen LogP contribution >= 0.6 is 0 Å². The van der Waals surface area contributed by atoms with E-state index >= 15 is 0 Å². The van der Waals surface area contributed by atoms with Crippen molar-refractivity contribution in [1.29, 1.82) is 0 Å². The van der Waals surface area contributed by atoms with Gasteiger partial charge in [0.25, 0.3) is 0 Å². The van der Waals surface area contributed by atoms with E-state index in [0.29, 0.717) is 11.6 Å². The topological polar surface area (TPSA) is 60.8 Å². The van der Waals surface area contributed by atoms with Crippen molar-refractivity contribution in [3.63, 3.8) is 0 Å². The zero-order valence-corrected chi connectivity index (χ0v) is 43.4. The Labute approximate surface area is 464 Å². The molecule has 0 radical (unpaired) electrons. The summed E-state index contributed by atoms with van der Waals surface area (Å²) in [5.41, 5.74) is 22.2. The molecule has 13 aromatic rings. The van der Waals surface area contributed by atoms with Crippen LogP contribution in [0, 0.1) is 0 Å². The van der Waals surface area contributed by atoms with E-state index < -0.39 is 5.41 Å². The smallest absolute Gasteiger partial charge is 0.160 e. The summed E-state index contributed by atoms with van der Waals surface area (Å²) in [6.07, 6.45) is 0. The minimum absolute atomic E-state index is 0.642. The molecule has 5 nitrogen and oxygen atoms in total. The average molecular weight is 1020 g/mol. The lowest BCUT2D eigenvalue weighted by Crippen LogP contribution is -2.32. The third-order valence-corrected chi connectivity index (χ3v) is 15.8. The molecule has 0 fully saturated rings. The van der Waals surface area contributed by atoms with Gasteiger partial charge in [-0.25, -0.2) is 19.9 Å². The molecule has 0 bridgehead atoms. The maximum Gasteiger partial charge on any atom is 0.160 e. The van der Waals surface area contributed by atoms with E-state index in [1.165, 1.54) is 33.4 Å². The molecule has 15 rings (SSSR count). The number of fused-ring (bicyclic) bond motifs is 9. The molecule has 80 heavy (non-hydrogen) atoms. The molecular formula is C75H48N4O. The van der Waals surface area contributed by atoms with Crippen LogP contribution in [0.25, 0.3) is 112 Å². The molecule has 0 saturated carbocycles. The van der Waals surface area contributed by atoms with Gasteiger partial charge in [-0.2, -0.15) is 0 Å². The summed E-state index contributed by atoms with van der Waals surface area (Å²) in [5.74, 6) is 2.88. The number of ether oxygens (including phenoxy) is 1. The minimum Gasteiger partial charge on any atom is -0.457 e. The van der Waals surface area contributed by atoms with Crippen molar-refractivity contribution in [1.82, 2.24) is 19.9 Å². The number of aromatic nitrogens is 4. The van der Waals surface area contributed by atoms with Crippen LogP contribution in [0.3, 0.4) is 0 Å². The summed E-state index contributed by atoms with van der Waals surface area (Å²) in [6, 6.07) is 103. The van der Waals surface area contributed by atoms with Gasteiger partial charge in [-0.1, -0.05) is 261 Å². The number of rotatable bonds is 9. The monoisotopic (exact) mass is 1020 g/mol. The SMILES string of the molecule is c1ccc(-c2ccc(-c3cc(-c4ccc5c(c4)Oc4ccccc4C54c5ccccc5-c5ccc(-c6cc(-c7ccccc7)nc(-c7ccc(-c8ccccc8)cc7)n6)cc54)nc(-c4ccc(-c5ccccc5)cc4)n3)cc2)cc1. The number of hydrogen-bond acceptors (Lipinski definition) is 5. The maximum atomic E-state index is 7.11. The van der Waals surface area contributed by atoms with E-state index in [1.54, 1.807) is 0 Å². The lowest BCUT2D eigenvalue weighted by atomic mass is 9.65. The Kier molecular flexibility index (Phi) is 11.3. The average Bonchev–Trinajstić information content (AvgIpc) is 3.33. The highest BCUT2D eigenvalue weighted by atomic mass is 16.5. The van der Waals surface area contributed by atoms with Crippen LogP contribution in [0.5, 0.6) is 11.5 Å². The molecule has 1 aliphatic heterocycles. The van der Waals surface area contributed by atoms with Crippen molar-refractivity contribution in [2.24, 2.45) is 0 Å². The van der Waals surface area contributed by atoms with Crippen molar-refractivity contribution >= 4 is 0 Å². The van der Waals surface area contributed by atoms with Crippen molar-refractivity contribution < 1.29 is 4.74 Å². The Morgan fingerprint density at radius 2 is 0.550 bits per heavy atom. The van der Waals surface area contributed by atoms with Gasteiger partial charge in [0.2, 0.25) is 0 Å². The fraction of sp³-hybridized carbons (Fsp3) is 0.0133. The molecule has 0 saturated heterocycles. The predicted molar refractivity (Wildman–Crippen MR) is 324 cm³/mol. The van der Waals surface area contributed by atoms with E-state index in [0.717, 1.165) is 101 Å². The number of nitrogens with zero attached hydrogens (tertiary/aromatic N) is 4. The minimum atomic E-state index is -0.737. The summed E-state index contributed by atoms with van der Waals surface area (Å²) in [7, 11) is 0. The summed E-state index contributed by atoms with van der Waals surface area (Å²) < 4.78 is 7.11. The largest absolute Gasteiger partial charge is 0.457 e. The van der Waals surface area contributed by atoms with Crippen LogP contribution in [0.4, 0.5) is 0 Å². The van der Waals surface area contributed by atoms with Crippen LogP contribution in [0.1, 0.15) is 22.3 Å². The molecule has 0 N–H and O–H groups in total. The predicted octanol–water partition coefficient (Wildman–Crippen LogP) is 18.7. The molecule has 374 valence electrons. The summed E-state index contributed by atoms with van der Waals surface area (Å²) in [6.45, 7) is 0. The van der Waals surface area contributed by atoms with Crippen molar-refractivity contribution in [2.75, 3.05) is 0 Å². The summed E-state index contributed by atoms with van der Waals surface area (Å²) in [5, 5.41) is 0. The van der Waals surface area contributed by atoms with E-state index in [1.807, 2.05) is 24.3 Å². The first-order valence-corrected chi connectivity index (χ1v) is 27.1. The van der Waals surface area contributed by atoms with Gasteiger partial charge in [0.05, 0.1) is 28.2 Å². The maximum absolute atomic E-state index is 7.11. The molecule has 0 amide bonds. The first-order valence-electron chi connectivity index (χ1n) is 27.1. The van der Waals surface area contributed by atoms with Gasteiger partial charge in [0.15, 0.2) is 11.6 Å². The van der Waals surface area contributed by atoms with Gasteiger partial charge >= 0.3 is 0 Å². The highest BCUT2D eigenvalue weighted by molar-refractivity contribution is 5.91. The zero-order chi connectivity index (χ0) is 53.0. The second kappa shape index (κ2) is 19.4. The van der Waals surface area contributed by atoms with Crippen molar-refractivity contribution in [3.8, 4) is 124 Å². The van der Waals surface area contributed by atoms with E-state index in [-0.39, 0.29) is 0 Å². The second-order valence-electron chi connectivity index (χ2n) is 20.5. The molecule has 1 unspecified atom stereocenters. The van der Waals surface area contributed by atoms with E-state index in [2.05, 4.69) is 267 Å². The molecule has 2 aromatic heterocycles. The Bertz CT molecular complexity index is 4350. The fourth-order valence-corrected chi connectivity index (χ4v) is 11.9. The van der Waals surface area contributed by atoms with Crippen molar-refractivity contribution in [3.05, 3.63) is 313 Å². The van der Waals surface area contributed by atoms with Gasteiger partial charge < -0.3 is 4.74 Å². The molecular weight excluding hydrogens is 973 g/mol. The quantitative estimate of drug-likeness (QED) is 0.144. The number of benzene rings is 11. The Balaban J connectivity index is 0.878. The lowest BCUT2D eigenvalue weighted by molar-refractivity contribution is 0.436. The molecule has 1 spiro atoms. The van der Waals surface area contributed by atoms with Crippen molar-refractivity contribution in [2.45, 2.75) is 5.41 Å². The van der Waals surface area contributed by atoms with Gasteiger partial charge in [-0.3, -0.25) is 0 Å². The first-order chi connectivity index (χ1) is 39.6. The van der Waals surface area contributed by atoms with Crippen LogP contribution in [-0.4, -0.2) is 19.9 Å². The van der Waals surface area contributed by atoms with Gasteiger partial charge in [0, 0.05) is 44.5 Å². The number of para-hydroxylation sites is 1. The number of hydrogen-bond donors (Lipinski definition) is 0. The normalized spacial score (nSPS) is 13.7. The third kappa shape index (κ3) is 8.11. The van der Waals surface area contributed by atoms with E-state index in [4.69, 9.17) is 24.7 Å². The molecule has 3 heterocycles. The highest BCUT2D eigenvalue weighted by Gasteiger charge is 2.51. The van der Waals surface area contributed by atoms with Gasteiger partial charge in [0.1, 0.15) is 11.5 Å². The molecule has 11 aromatic carbocycles. The van der Waals surface area contributed by atoms with Crippen LogP contribution in [0.2, 0.25) is 0 Å². The summed E-state index contributed by atoms with van der Waals surface area (Å²) >= 11 is 0. The Hall–Kier alpha value is -10.6. The molecule has 1 atom stereocenters. The Morgan fingerprint density at radius 3 is 1.07 bits per heavy atom. The standard InChI is InChI=1S/C75H48N4O/c1-5-17-49(18-6-1)52-29-35-56(36-30-52)68-48-70(79-74(77-68)58-39-33-54(34-40-58)51-21-9-3-10-22-51)60-42-44-65-72(46-60)80-71-28-16-15-27-64(71)75(65)63-26-14-13-25-61(63)62-43-41-59(45-66(62)75)69-47-67(55-23-11-4-12-24-55)76-73(78-69)57-37-31-53(32-38-57)50-19-7-2-8-20-50/h1-48H. The van der Waals surface area contributed by atoms with E-state index in [9.17, 15) is 0 Å². The van der Waals surface area contributed by atoms with Crippen LogP contribution in [-0.2, 0) is 5.41 Å².